The van der Waals surface area contributed by atoms with Gasteiger partial charge < -0.3 is 16.2 Å². The zero-order valence-electron chi connectivity index (χ0n) is 9.74. The number of aliphatic hydroxyl groups is 1. The number of hydrogen-bond acceptors (Lipinski definition) is 3. The minimum Gasteiger partial charge on any atom is -0.397 e. The highest BCUT2D eigenvalue weighted by Gasteiger charge is 2.26. The number of nitrogens with one attached hydrogen (secondary N) is 1. The van der Waals surface area contributed by atoms with Crippen molar-refractivity contribution in [3.8, 4) is 0 Å². The molecule has 0 heterocycles. The number of hydrogen-bond donors (Lipinski definition) is 3. The van der Waals surface area contributed by atoms with Crippen LogP contribution in [-0.4, -0.2) is 17.8 Å². The van der Waals surface area contributed by atoms with Crippen LogP contribution >= 0.6 is 0 Å². The normalized spacial score (nSPS) is 24.6. The van der Waals surface area contributed by atoms with Crippen molar-refractivity contribution in [2.45, 2.75) is 32.2 Å². The number of aryl methyl sites for hydroxylation is 1. The number of anilines is 2. The molecule has 88 valence electrons. The standard InChI is InChI=1S/C13H20N2O/c1-9-4-2-7-12(13(9)14)15-11-6-3-5-10(11)8-16/h2,4,7,10-11,15-16H,3,5-6,8,14H2,1H3. The molecule has 1 aliphatic rings. The summed E-state index contributed by atoms with van der Waals surface area (Å²) in [5, 5.41) is 12.7. The maximum atomic E-state index is 9.27. The van der Waals surface area contributed by atoms with Gasteiger partial charge in [-0.3, -0.25) is 0 Å². The van der Waals surface area contributed by atoms with Crippen LogP contribution in [0.5, 0.6) is 0 Å². The molecule has 0 spiro atoms. The molecular formula is C13H20N2O. The second-order valence-corrected chi connectivity index (χ2v) is 4.66. The van der Waals surface area contributed by atoms with E-state index in [-0.39, 0.29) is 6.61 Å². The first-order valence-electron chi connectivity index (χ1n) is 5.95. The zero-order valence-corrected chi connectivity index (χ0v) is 9.74. The fourth-order valence-corrected chi connectivity index (χ4v) is 2.45. The molecule has 1 saturated carbocycles. The van der Waals surface area contributed by atoms with Gasteiger partial charge in [-0.05, 0) is 31.4 Å². The SMILES string of the molecule is Cc1cccc(NC2CCCC2CO)c1N. The third-order valence-electron chi connectivity index (χ3n) is 3.56. The molecule has 0 saturated heterocycles. The summed E-state index contributed by atoms with van der Waals surface area (Å²) in [6, 6.07) is 6.40. The lowest BCUT2D eigenvalue weighted by molar-refractivity contribution is 0.222. The lowest BCUT2D eigenvalue weighted by atomic mass is 10.0. The van der Waals surface area contributed by atoms with Crippen molar-refractivity contribution in [1.29, 1.82) is 0 Å². The van der Waals surface area contributed by atoms with Crippen LogP contribution in [-0.2, 0) is 0 Å². The van der Waals surface area contributed by atoms with Crippen LogP contribution in [0, 0.1) is 12.8 Å². The molecule has 0 aliphatic heterocycles. The fourth-order valence-electron chi connectivity index (χ4n) is 2.45. The lowest BCUT2D eigenvalue weighted by Crippen LogP contribution is -2.26. The van der Waals surface area contributed by atoms with E-state index in [0.29, 0.717) is 12.0 Å². The molecule has 0 radical (unpaired) electrons. The van der Waals surface area contributed by atoms with E-state index in [1.807, 2.05) is 25.1 Å². The topological polar surface area (TPSA) is 58.3 Å². The fraction of sp³-hybridized carbons (Fsp3) is 0.538. The van der Waals surface area contributed by atoms with E-state index in [0.717, 1.165) is 29.8 Å². The quantitative estimate of drug-likeness (QED) is 0.684. The van der Waals surface area contributed by atoms with Crippen LogP contribution < -0.4 is 11.1 Å². The van der Waals surface area contributed by atoms with Crippen LogP contribution in [0.1, 0.15) is 24.8 Å². The van der Waals surface area contributed by atoms with Crippen molar-refractivity contribution in [3.05, 3.63) is 23.8 Å². The van der Waals surface area contributed by atoms with Crippen molar-refractivity contribution >= 4 is 11.4 Å². The lowest BCUT2D eigenvalue weighted by Gasteiger charge is -2.21. The number of para-hydroxylation sites is 1. The molecule has 2 atom stereocenters. The van der Waals surface area contributed by atoms with Crippen molar-refractivity contribution in [2.24, 2.45) is 5.92 Å². The predicted octanol–water partition coefficient (Wildman–Crippen LogP) is 2.15. The highest BCUT2D eigenvalue weighted by atomic mass is 16.3. The maximum Gasteiger partial charge on any atom is 0.0579 e. The average Bonchev–Trinajstić information content (AvgIpc) is 2.72. The zero-order chi connectivity index (χ0) is 11.5. The molecule has 16 heavy (non-hydrogen) atoms. The van der Waals surface area contributed by atoms with E-state index < -0.39 is 0 Å². The van der Waals surface area contributed by atoms with E-state index in [2.05, 4.69) is 5.32 Å². The van der Waals surface area contributed by atoms with Crippen LogP contribution in [0.3, 0.4) is 0 Å². The van der Waals surface area contributed by atoms with Gasteiger partial charge in [-0.15, -0.1) is 0 Å². The molecule has 1 aliphatic carbocycles. The predicted molar refractivity (Wildman–Crippen MR) is 67.4 cm³/mol. The van der Waals surface area contributed by atoms with Crippen LogP contribution in [0.25, 0.3) is 0 Å². The van der Waals surface area contributed by atoms with Gasteiger partial charge in [0.1, 0.15) is 0 Å². The summed E-state index contributed by atoms with van der Waals surface area (Å²) < 4.78 is 0. The third-order valence-corrected chi connectivity index (χ3v) is 3.56. The Hall–Kier alpha value is -1.22. The van der Waals surface area contributed by atoms with Gasteiger partial charge in [-0.25, -0.2) is 0 Å². The Morgan fingerprint density at radius 3 is 3.00 bits per heavy atom. The molecule has 1 aromatic carbocycles. The van der Waals surface area contributed by atoms with Crippen LogP contribution in [0.4, 0.5) is 11.4 Å². The van der Waals surface area contributed by atoms with Gasteiger partial charge >= 0.3 is 0 Å². The molecule has 2 rings (SSSR count). The molecule has 1 aromatic rings. The molecule has 3 heteroatoms. The van der Waals surface area contributed by atoms with Gasteiger partial charge in [0.2, 0.25) is 0 Å². The minimum atomic E-state index is 0.267. The van der Waals surface area contributed by atoms with E-state index in [9.17, 15) is 5.11 Å². The van der Waals surface area contributed by atoms with Gasteiger partial charge in [-0.1, -0.05) is 18.6 Å². The van der Waals surface area contributed by atoms with Gasteiger partial charge in [0, 0.05) is 18.6 Å². The van der Waals surface area contributed by atoms with E-state index in [4.69, 9.17) is 5.73 Å². The molecule has 2 unspecified atom stereocenters. The monoisotopic (exact) mass is 220 g/mol. The van der Waals surface area contributed by atoms with E-state index in [1.165, 1.54) is 6.42 Å². The van der Waals surface area contributed by atoms with Gasteiger partial charge in [-0.2, -0.15) is 0 Å². The Morgan fingerprint density at radius 1 is 1.44 bits per heavy atom. The summed E-state index contributed by atoms with van der Waals surface area (Å²) in [5.74, 6) is 0.375. The van der Waals surface area contributed by atoms with Crippen molar-refractivity contribution in [1.82, 2.24) is 0 Å². The van der Waals surface area contributed by atoms with Crippen LogP contribution in [0.2, 0.25) is 0 Å². The van der Waals surface area contributed by atoms with Gasteiger partial charge in [0.25, 0.3) is 0 Å². The first-order valence-corrected chi connectivity index (χ1v) is 5.95. The second kappa shape index (κ2) is 4.74. The highest BCUT2D eigenvalue weighted by Crippen LogP contribution is 2.30. The summed E-state index contributed by atoms with van der Waals surface area (Å²) >= 11 is 0. The second-order valence-electron chi connectivity index (χ2n) is 4.66. The number of aliphatic hydroxyl groups excluding tert-OH is 1. The molecule has 0 amide bonds. The van der Waals surface area contributed by atoms with Gasteiger partial charge in [0.15, 0.2) is 0 Å². The highest BCUT2D eigenvalue weighted by molar-refractivity contribution is 5.69. The molecular weight excluding hydrogens is 200 g/mol. The minimum absolute atomic E-state index is 0.267. The Labute approximate surface area is 96.7 Å². The summed E-state index contributed by atoms with van der Waals surface area (Å²) in [7, 11) is 0. The van der Waals surface area contributed by atoms with E-state index >= 15 is 0 Å². The summed E-state index contributed by atoms with van der Waals surface area (Å²) in [6.07, 6.45) is 3.42. The smallest absolute Gasteiger partial charge is 0.0579 e. The number of benzene rings is 1. The molecule has 4 N–H and O–H groups in total. The molecule has 0 aromatic heterocycles. The molecule has 1 fully saturated rings. The maximum absolute atomic E-state index is 9.27. The summed E-state index contributed by atoms with van der Waals surface area (Å²) in [6.45, 7) is 2.28. The van der Waals surface area contributed by atoms with Crippen molar-refractivity contribution in [2.75, 3.05) is 17.7 Å². The molecule has 3 nitrogen and oxygen atoms in total. The average molecular weight is 220 g/mol. The van der Waals surface area contributed by atoms with Gasteiger partial charge in [0.05, 0.1) is 11.4 Å². The van der Waals surface area contributed by atoms with Crippen molar-refractivity contribution < 1.29 is 5.11 Å². The third kappa shape index (κ3) is 2.14. The molecule has 0 bridgehead atoms. The Kier molecular flexibility index (Phi) is 3.34. The largest absolute Gasteiger partial charge is 0.397 e. The Morgan fingerprint density at radius 2 is 2.25 bits per heavy atom. The first-order chi connectivity index (χ1) is 7.72. The number of nitrogen functional groups attached to an aromatic ring is 1. The summed E-state index contributed by atoms with van der Waals surface area (Å²) in [5.41, 5.74) is 8.95. The van der Waals surface area contributed by atoms with E-state index in [1.54, 1.807) is 0 Å². The number of rotatable bonds is 3. The van der Waals surface area contributed by atoms with Crippen LogP contribution in [0.15, 0.2) is 18.2 Å². The Balaban J connectivity index is 2.11. The number of nitrogens with two attached hydrogens (primary N) is 1. The van der Waals surface area contributed by atoms with Crippen molar-refractivity contribution in [3.63, 3.8) is 0 Å². The first kappa shape index (κ1) is 11.3. The summed E-state index contributed by atoms with van der Waals surface area (Å²) in [4.78, 5) is 0. The Bertz CT molecular complexity index is 365.